The van der Waals surface area contributed by atoms with Crippen molar-refractivity contribution in [2.75, 3.05) is 13.1 Å². The molecule has 2 amide bonds. The van der Waals surface area contributed by atoms with E-state index in [2.05, 4.69) is 15.3 Å². The van der Waals surface area contributed by atoms with Crippen LogP contribution in [0.3, 0.4) is 0 Å². The maximum absolute atomic E-state index is 12.0. The minimum Gasteiger partial charge on any atom is -0.356 e. The Morgan fingerprint density at radius 2 is 1.68 bits per heavy atom. The van der Waals surface area contributed by atoms with Crippen molar-refractivity contribution in [2.24, 2.45) is 5.11 Å². The van der Waals surface area contributed by atoms with Crippen LogP contribution in [0.1, 0.15) is 32.1 Å². The number of amides is 2. The fraction of sp³-hybridized carbons (Fsp3) is 0.467. The number of unbranched alkanes of at least 4 members (excludes halogenated alkanes) is 1. The molecule has 0 radical (unpaired) electrons. The fourth-order valence-corrected chi connectivity index (χ4v) is 2.98. The van der Waals surface area contributed by atoms with Gasteiger partial charge in [-0.1, -0.05) is 23.3 Å². The molecule has 25 heavy (non-hydrogen) atoms. The molecule has 0 spiro atoms. The molecular weight excluding hydrogens is 346 g/mol. The van der Waals surface area contributed by atoms with E-state index in [0.717, 1.165) is 0 Å². The van der Waals surface area contributed by atoms with Gasteiger partial charge in [-0.15, -0.1) is 0 Å². The van der Waals surface area contributed by atoms with Crippen LogP contribution in [0.5, 0.6) is 0 Å². The second kappa shape index (κ2) is 11.1. The summed E-state index contributed by atoms with van der Waals surface area (Å²) < 4.78 is 25.9. The molecule has 0 fully saturated rings. The number of azide groups is 1. The smallest absolute Gasteiger partial charge is 0.264 e. The van der Waals surface area contributed by atoms with Crippen molar-refractivity contribution in [3.8, 4) is 0 Å². The number of carbonyl (C=O) groups excluding carboxylic acids is 2. The van der Waals surface area contributed by atoms with Crippen molar-refractivity contribution in [1.29, 1.82) is 0 Å². The van der Waals surface area contributed by atoms with Crippen LogP contribution in [0, 0.1) is 0 Å². The third-order valence-corrected chi connectivity index (χ3v) is 4.57. The van der Waals surface area contributed by atoms with Gasteiger partial charge < -0.3 is 5.32 Å². The maximum Gasteiger partial charge on any atom is 0.264 e. The van der Waals surface area contributed by atoms with E-state index in [4.69, 9.17) is 5.53 Å². The Bertz CT molecular complexity index is 715. The predicted octanol–water partition coefficient (Wildman–Crippen LogP) is 1.87. The van der Waals surface area contributed by atoms with Gasteiger partial charge >= 0.3 is 0 Å². The molecule has 9 nitrogen and oxygen atoms in total. The van der Waals surface area contributed by atoms with E-state index >= 15 is 0 Å². The van der Waals surface area contributed by atoms with Gasteiger partial charge in [0, 0.05) is 30.8 Å². The van der Waals surface area contributed by atoms with E-state index in [1.165, 1.54) is 12.1 Å². The molecule has 10 heteroatoms. The summed E-state index contributed by atoms with van der Waals surface area (Å²) in [6.45, 7) is 0.750. The van der Waals surface area contributed by atoms with Gasteiger partial charge in [-0.25, -0.2) is 13.1 Å². The first kappa shape index (κ1) is 20.5. The van der Waals surface area contributed by atoms with Crippen molar-refractivity contribution >= 4 is 21.8 Å². The summed E-state index contributed by atoms with van der Waals surface area (Å²) in [5, 5.41) is 6.02. The van der Waals surface area contributed by atoms with Crippen LogP contribution in [0.4, 0.5) is 0 Å². The number of benzene rings is 1. The van der Waals surface area contributed by atoms with Crippen molar-refractivity contribution in [3.05, 3.63) is 40.8 Å². The summed E-state index contributed by atoms with van der Waals surface area (Å²) in [6.07, 6.45) is 1.72. The molecule has 2 N–H and O–H groups in total. The van der Waals surface area contributed by atoms with Gasteiger partial charge in [0.15, 0.2) is 0 Å². The lowest BCUT2D eigenvalue weighted by atomic mass is 10.2. The van der Waals surface area contributed by atoms with Gasteiger partial charge in [0.25, 0.3) is 10.0 Å². The molecule has 1 aromatic rings. The number of hydrogen-bond acceptors (Lipinski definition) is 5. The molecule has 1 rings (SSSR count). The lowest BCUT2D eigenvalue weighted by Crippen LogP contribution is -2.30. The largest absolute Gasteiger partial charge is 0.356 e. The van der Waals surface area contributed by atoms with Gasteiger partial charge in [-0.3, -0.25) is 9.59 Å². The van der Waals surface area contributed by atoms with Gasteiger partial charge in [0.05, 0.1) is 4.90 Å². The molecule has 0 saturated heterocycles. The molecule has 0 unspecified atom stereocenters. The van der Waals surface area contributed by atoms with Crippen LogP contribution < -0.4 is 10.0 Å². The molecule has 0 saturated carbocycles. The van der Waals surface area contributed by atoms with Crippen molar-refractivity contribution < 1.29 is 18.0 Å². The summed E-state index contributed by atoms with van der Waals surface area (Å²) in [6, 6.07) is 7.64. The number of hydrogen-bond donors (Lipinski definition) is 2. The highest BCUT2D eigenvalue weighted by Crippen LogP contribution is 2.08. The van der Waals surface area contributed by atoms with Crippen molar-refractivity contribution in [2.45, 2.75) is 37.0 Å². The highest BCUT2D eigenvalue weighted by Gasteiger charge is 2.16. The van der Waals surface area contributed by atoms with Gasteiger partial charge in [0.2, 0.25) is 11.8 Å². The molecule has 0 bridgehead atoms. The Hall–Kier alpha value is -2.58. The SMILES string of the molecule is [N-]=[N+]=NCCCNC(=O)CCCCC(=O)NS(=O)(=O)c1ccccc1. The second-order valence-electron chi connectivity index (χ2n) is 5.21. The molecule has 0 atom stereocenters. The zero-order valence-corrected chi connectivity index (χ0v) is 14.5. The van der Waals surface area contributed by atoms with Crippen LogP contribution >= 0.6 is 0 Å². The summed E-state index contributed by atoms with van der Waals surface area (Å²) in [5.74, 6) is -0.753. The first-order chi connectivity index (χ1) is 12.0. The van der Waals surface area contributed by atoms with Crippen molar-refractivity contribution in [1.82, 2.24) is 10.0 Å². The minimum absolute atomic E-state index is 0.0240. The molecule has 0 heterocycles. The Kier molecular flexibility index (Phi) is 9.05. The number of rotatable bonds is 11. The average Bonchev–Trinajstić information content (AvgIpc) is 2.59. The standard InChI is InChI=1S/C15H21N5O4S/c16-20-18-12-6-11-17-14(21)9-4-5-10-15(22)19-25(23,24)13-7-2-1-3-8-13/h1-3,7-8H,4-6,9-12H2,(H,17,21)(H,19,22). The topological polar surface area (TPSA) is 141 Å². The highest BCUT2D eigenvalue weighted by atomic mass is 32.2. The van der Waals surface area contributed by atoms with Gasteiger partial charge in [-0.2, -0.15) is 0 Å². The lowest BCUT2D eigenvalue weighted by Gasteiger charge is -2.07. The maximum atomic E-state index is 12.0. The molecule has 136 valence electrons. The lowest BCUT2D eigenvalue weighted by molar-refractivity contribution is -0.122. The summed E-state index contributed by atoms with van der Waals surface area (Å²) in [7, 11) is -3.85. The monoisotopic (exact) mass is 367 g/mol. The summed E-state index contributed by atoms with van der Waals surface area (Å²) in [4.78, 5) is 25.9. The number of nitrogens with zero attached hydrogens (tertiary/aromatic N) is 3. The third kappa shape index (κ3) is 8.73. The normalized spacial score (nSPS) is 10.6. The predicted molar refractivity (Wildman–Crippen MR) is 91.9 cm³/mol. The first-order valence-corrected chi connectivity index (χ1v) is 9.32. The highest BCUT2D eigenvalue weighted by molar-refractivity contribution is 7.90. The molecule has 0 aromatic heterocycles. The third-order valence-electron chi connectivity index (χ3n) is 3.18. The zero-order valence-electron chi connectivity index (χ0n) is 13.7. The van der Waals surface area contributed by atoms with Crippen LogP contribution in [-0.4, -0.2) is 33.3 Å². The van der Waals surface area contributed by atoms with E-state index in [1.807, 2.05) is 4.72 Å². The van der Waals surface area contributed by atoms with E-state index in [9.17, 15) is 18.0 Å². The van der Waals surface area contributed by atoms with Crippen LogP contribution in [0.15, 0.2) is 40.3 Å². The average molecular weight is 367 g/mol. The number of nitrogens with one attached hydrogen (secondary N) is 2. The molecular formula is C15H21N5O4S. The van der Waals surface area contributed by atoms with E-state index in [-0.39, 0.29) is 23.6 Å². The van der Waals surface area contributed by atoms with Gasteiger partial charge in [0.1, 0.15) is 0 Å². The van der Waals surface area contributed by atoms with Crippen LogP contribution in [-0.2, 0) is 19.6 Å². The molecule has 0 aliphatic heterocycles. The molecule has 0 aliphatic carbocycles. The zero-order chi connectivity index (χ0) is 18.5. The molecule has 1 aromatic carbocycles. The number of carbonyl (C=O) groups is 2. The summed E-state index contributed by atoms with van der Waals surface area (Å²) in [5.41, 5.74) is 8.10. The van der Waals surface area contributed by atoms with E-state index < -0.39 is 15.9 Å². The second-order valence-corrected chi connectivity index (χ2v) is 6.89. The van der Waals surface area contributed by atoms with E-state index in [0.29, 0.717) is 32.4 Å². The minimum atomic E-state index is -3.85. The summed E-state index contributed by atoms with van der Waals surface area (Å²) >= 11 is 0. The number of sulfonamides is 1. The Morgan fingerprint density at radius 1 is 1.04 bits per heavy atom. The van der Waals surface area contributed by atoms with Gasteiger partial charge in [-0.05, 0) is 36.9 Å². The first-order valence-electron chi connectivity index (χ1n) is 7.84. The van der Waals surface area contributed by atoms with Crippen molar-refractivity contribution in [3.63, 3.8) is 0 Å². The Morgan fingerprint density at radius 3 is 2.32 bits per heavy atom. The fourth-order valence-electron chi connectivity index (χ4n) is 1.94. The quantitative estimate of drug-likeness (QED) is 0.266. The van der Waals surface area contributed by atoms with Crippen LogP contribution in [0.25, 0.3) is 10.4 Å². The van der Waals surface area contributed by atoms with Crippen LogP contribution in [0.2, 0.25) is 0 Å². The van der Waals surface area contributed by atoms with E-state index in [1.54, 1.807) is 18.2 Å². The Labute approximate surface area is 146 Å². The Balaban J connectivity index is 2.20. The molecule has 0 aliphatic rings.